The van der Waals surface area contributed by atoms with Crippen LogP contribution in [0.5, 0.6) is 0 Å². The highest BCUT2D eigenvalue weighted by molar-refractivity contribution is 5.95. The van der Waals surface area contributed by atoms with E-state index < -0.39 is 0 Å². The van der Waals surface area contributed by atoms with E-state index in [0.717, 1.165) is 38.5 Å². The van der Waals surface area contributed by atoms with Gasteiger partial charge in [-0.25, -0.2) is 0 Å². The number of furan rings is 1. The minimum absolute atomic E-state index is 0.0102. The fourth-order valence-corrected chi connectivity index (χ4v) is 3.66. The zero-order valence-electron chi connectivity index (χ0n) is 13.7. The van der Waals surface area contributed by atoms with Crippen molar-refractivity contribution >= 4 is 11.7 Å². The van der Waals surface area contributed by atoms with E-state index in [9.17, 15) is 9.59 Å². The maximum atomic E-state index is 12.3. The molecule has 0 aromatic carbocycles. The molecule has 1 saturated heterocycles. The molecule has 0 spiro atoms. The quantitative estimate of drug-likeness (QED) is 0.757. The van der Waals surface area contributed by atoms with Crippen molar-refractivity contribution in [2.75, 3.05) is 32.7 Å². The molecule has 2 aliphatic rings. The van der Waals surface area contributed by atoms with Crippen molar-refractivity contribution in [2.24, 2.45) is 5.92 Å². The van der Waals surface area contributed by atoms with Gasteiger partial charge in [-0.3, -0.25) is 14.5 Å². The zero-order valence-corrected chi connectivity index (χ0v) is 13.7. The van der Waals surface area contributed by atoms with Crippen molar-refractivity contribution < 1.29 is 14.0 Å². The van der Waals surface area contributed by atoms with Crippen molar-refractivity contribution in [3.05, 3.63) is 24.2 Å². The number of Topliss-reactive ketones (excluding diaryl/α,β-unsaturated/α-hetero) is 1. The molecule has 1 aliphatic carbocycles. The van der Waals surface area contributed by atoms with Crippen LogP contribution in [0, 0.1) is 5.92 Å². The number of amides is 1. The first-order valence-electron chi connectivity index (χ1n) is 8.79. The summed E-state index contributed by atoms with van der Waals surface area (Å²) in [5.74, 6) is 1.48. The molecule has 1 aromatic rings. The SMILES string of the molecule is O=C(CN1CCN(C(=O)CCC2CCCC2)CC1)c1ccco1. The molecule has 1 saturated carbocycles. The number of nitrogens with zero attached hydrogens (tertiary/aromatic N) is 2. The van der Waals surface area contributed by atoms with Gasteiger partial charge in [0.15, 0.2) is 5.76 Å². The summed E-state index contributed by atoms with van der Waals surface area (Å²) in [6.07, 6.45) is 8.54. The van der Waals surface area contributed by atoms with Crippen LogP contribution in [0.3, 0.4) is 0 Å². The van der Waals surface area contributed by atoms with Gasteiger partial charge in [0, 0.05) is 32.6 Å². The predicted octanol–water partition coefficient (Wildman–Crippen LogP) is 2.58. The number of piperazine rings is 1. The third-order valence-corrected chi connectivity index (χ3v) is 5.13. The molecular weight excluding hydrogens is 292 g/mol. The van der Waals surface area contributed by atoms with E-state index in [0.29, 0.717) is 18.7 Å². The molecule has 2 fully saturated rings. The summed E-state index contributed by atoms with van der Waals surface area (Å²) in [4.78, 5) is 28.4. The first-order chi connectivity index (χ1) is 11.2. The molecule has 0 radical (unpaired) electrons. The van der Waals surface area contributed by atoms with Gasteiger partial charge in [0.25, 0.3) is 0 Å². The van der Waals surface area contributed by atoms with Crippen molar-refractivity contribution in [1.29, 1.82) is 0 Å². The largest absolute Gasteiger partial charge is 0.461 e. The number of hydrogen-bond acceptors (Lipinski definition) is 4. The highest BCUT2D eigenvalue weighted by Gasteiger charge is 2.24. The zero-order chi connectivity index (χ0) is 16.1. The van der Waals surface area contributed by atoms with Crippen LogP contribution in [0.2, 0.25) is 0 Å². The fourth-order valence-electron chi connectivity index (χ4n) is 3.66. The lowest BCUT2D eigenvalue weighted by atomic mass is 10.0. The maximum absolute atomic E-state index is 12.3. The minimum Gasteiger partial charge on any atom is -0.461 e. The van der Waals surface area contributed by atoms with Gasteiger partial charge in [0.05, 0.1) is 12.8 Å². The molecule has 1 amide bonds. The van der Waals surface area contributed by atoms with Gasteiger partial charge in [0.2, 0.25) is 11.7 Å². The Balaban J connectivity index is 1.37. The molecule has 1 aromatic heterocycles. The maximum Gasteiger partial charge on any atom is 0.222 e. The Hall–Kier alpha value is -1.62. The Morgan fingerprint density at radius 3 is 2.52 bits per heavy atom. The predicted molar refractivity (Wildman–Crippen MR) is 87.3 cm³/mol. The molecule has 1 aliphatic heterocycles. The lowest BCUT2D eigenvalue weighted by molar-refractivity contribution is -0.133. The molecule has 0 unspecified atom stereocenters. The topological polar surface area (TPSA) is 53.8 Å². The summed E-state index contributed by atoms with van der Waals surface area (Å²) in [5, 5.41) is 0. The normalized spacial score (nSPS) is 20.1. The van der Waals surface area contributed by atoms with Gasteiger partial charge < -0.3 is 9.32 Å². The van der Waals surface area contributed by atoms with Crippen LogP contribution in [0.4, 0.5) is 0 Å². The first-order valence-corrected chi connectivity index (χ1v) is 8.79. The van der Waals surface area contributed by atoms with E-state index in [1.54, 1.807) is 12.1 Å². The van der Waals surface area contributed by atoms with Crippen LogP contribution in [0.1, 0.15) is 49.1 Å². The second kappa shape index (κ2) is 7.77. The van der Waals surface area contributed by atoms with Crippen molar-refractivity contribution in [1.82, 2.24) is 9.80 Å². The molecule has 0 bridgehead atoms. The Morgan fingerprint density at radius 1 is 1.13 bits per heavy atom. The smallest absolute Gasteiger partial charge is 0.222 e. The summed E-state index contributed by atoms with van der Waals surface area (Å²) in [5.41, 5.74) is 0. The Kier molecular flexibility index (Phi) is 5.49. The third kappa shape index (κ3) is 4.44. The summed E-state index contributed by atoms with van der Waals surface area (Å²) >= 11 is 0. The van der Waals surface area contributed by atoms with Crippen LogP contribution >= 0.6 is 0 Å². The molecule has 2 heterocycles. The molecule has 0 N–H and O–H groups in total. The highest BCUT2D eigenvalue weighted by Crippen LogP contribution is 2.28. The molecule has 0 atom stereocenters. The summed E-state index contributed by atoms with van der Waals surface area (Å²) in [6.45, 7) is 3.37. The number of hydrogen-bond donors (Lipinski definition) is 0. The van der Waals surface area contributed by atoms with E-state index in [1.807, 2.05) is 4.90 Å². The Bertz CT molecular complexity index is 512. The second-order valence-electron chi connectivity index (χ2n) is 6.75. The lowest BCUT2D eigenvalue weighted by Gasteiger charge is -2.34. The van der Waals surface area contributed by atoms with Gasteiger partial charge in [-0.05, 0) is 24.5 Å². The average Bonchev–Trinajstić information content (AvgIpc) is 3.26. The van der Waals surface area contributed by atoms with E-state index in [2.05, 4.69) is 4.90 Å². The number of carbonyl (C=O) groups excluding carboxylic acids is 2. The Labute approximate surface area is 137 Å². The van der Waals surface area contributed by atoms with Gasteiger partial charge in [0.1, 0.15) is 0 Å². The van der Waals surface area contributed by atoms with Crippen LogP contribution in [-0.4, -0.2) is 54.2 Å². The van der Waals surface area contributed by atoms with E-state index >= 15 is 0 Å². The number of ketones is 1. The summed E-state index contributed by atoms with van der Waals surface area (Å²) in [7, 11) is 0. The molecule has 126 valence electrons. The average molecular weight is 318 g/mol. The van der Waals surface area contributed by atoms with Crippen molar-refractivity contribution in [2.45, 2.75) is 38.5 Å². The summed E-state index contributed by atoms with van der Waals surface area (Å²) < 4.78 is 5.14. The molecule has 5 nitrogen and oxygen atoms in total. The standard InChI is InChI=1S/C18H26N2O3/c21-16(17-6-3-13-23-17)14-19-9-11-20(12-10-19)18(22)8-7-15-4-1-2-5-15/h3,6,13,15H,1-2,4-5,7-12,14H2. The van der Waals surface area contributed by atoms with Gasteiger partial charge in [-0.2, -0.15) is 0 Å². The highest BCUT2D eigenvalue weighted by atomic mass is 16.3. The van der Waals surface area contributed by atoms with Crippen LogP contribution in [0.15, 0.2) is 22.8 Å². The summed E-state index contributed by atoms with van der Waals surface area (Å²) in [6, 6.07) is 3.43. The molecule has 3 rings (SSSR count). The van der Waals surface area contributed by atoms with E-state index in [-0.39, 0.29) is 11.7 Å². The van der Waals surface area contributed by atoms with Crippen LogP contribution in [-0.2, 0) is 4.79 Å². The fraction of sp³-hybridized carbons (Fsp3) is 0.667. The molecular formula is C18H26N2O3. The first kappa shape index (κ1) is 16.2. The minimum atomic E-state index is 0.0102. The van der Waals surface area contributed by atoms with Crippen LogP contribution in [0.25, 0.3) is 0 Å². The van der Waals surface area contributed by atoms with Crippen molar-refractivity contribution in [3.63, 3.8) is 0 Å². The Morgan fingerprint density at radius 2 is 1.87 bits per heavy atom. The molecule has 5 heteroatoms. The van der Waals surface area contributed by atoms with Crippen molar-refractivity contribution in [3.8, 4) is 0 Å². The van der Waals surface area contributed by atoms with E-state index in [4.69, 9.17) is 4.42 Å². The monoisotopic (exact) mass is 318 g/mol. The molecule has 23 heavy (non-hydrogen) atoms. The second-order valence-corrected chi connectivity index (χ2v) is 6.75. The third-order valence-electron chi connectivity index (χ3n) is 5.13. The van der Waals surface area contributed by atoms with Gasteiger partial charge in [-0.15, -0.1) is 0 Å². The number of carbonyl (C=O) groups is 2. The lowest BCUT2D eigenvalue weighted by Crippen LogP contribution is -2.49. The van der Waals surface area contributed by atoms with Crippen LogP contribution < -0.4 is 0 Å². The van der Waals surface area contributed by atoms with E-state index in [1.165, 1.54) is 31.9 Å². The van der Waals surface area contributed by atoms with Gasteiger partial charge in [-0.1, -0.05) is 25.7 Å². The van der Waals surface area contributed by atoms with Gasteiger partial charge >= 0.3 is 0 Å². The number of rotatable bonds is 6.